The number of aryl methyl sites for hydroxylation is 1. The third kappa shape index (κ3) is 1.81. The summed E-state index contributed by atoms with van der Waals surface area (Å²) in [4.78, 5) is 11.3. The Balaban J connectivity index is 2.49. The Morgan fingerprint density at radius 1 is 1.38 bits per heavy atom. The maximum atomic E-state index is 11.3. The van der Waals surface area contributed by atoms with E-state index >= 15 is 0 Å². The quantitative estimate of drug-likeness (QED) is 0.739. The lowest BCUT2D eigenvalue weighted by molar-refractivity contribution is -0.139. The lowest BCUT2D eigenvalue weighted by Gasteiger charge is -1.98. The van der Waals surface area contributed by atoms with Gasteiger partial charge in [0.15, 0.2) is 0 Å². The largest absolute Gasteiger partial charge is 0.469 e. The Morgan fingerprint density at radius 3 is 2.81 bits per heavy atom. The number of methoxy groups -OCH3 is 1. The van der Waals surface area contributed by atoms with Crippen molar-refractivity contribution in [1.82, 2.24) is 4.57 Å². The van der Waals surface area contributed by atoms with Gasteiger partial charge in [0.2, 0.25) is 0 Å². The van der Waals surface area contributed by atoms with E-state index in [1.807, 2.05) is 24.4 Å². The number of benzene rings is 1. The van der Waals surface area contributed by atoms with Crippen molar-refractivity contribution in [1.29, 1.82) is 0 Å². The predicted molar refractivity (Wildman–Crippen MR) is 63.3 cm³/mol. The molecule has 84 valence electrons. The Labute approximate surface area is 94.6 Å². The summed E-state index contributed by atoms with van der Waals surface area (Å²) in [5.74, 6) is -0.195. The molecule has 0 radical (unpaired) electrons. The van der Waals surface area contributed by atoms with Crippen molar-refractivity contribution in [3.63, 3.8) is 0 Å². The second kappa shape index (κ2) is 4.39. The molecule has 0 aliphatic rings. The van der Waals surface area contributed by atoms with Gasteiger partial charge in [0.1, 0.15) is 0 Å². The molecular weight excluding hydrogens is 202 g/mol. The highest BCUT2D eigenvalue weighted by atomic mass is 16.5. The first kappa shape index (κ1) is 10.7. The molecule has 2 rings (SSSR count). The number of carbonyl (C=O) groups is 1. The van der Waals surface area contributed by atoms with Crippen LogP contribution < -0.4 is 0 Å². The number of ether oxygens (including phenoxy) is 1. The molecule has 1 aromatic heterocycles. The number of esters is 1. The summed E-state index contributed by atoms with van der Waals surface area (Å²) in [5.41, 5.74) is 2.20. The van der Waals surface area contributed by atoms with E-state index in [0.717, 1.165) is 17.5 Å². The van der Waals surface area contributed by atoms with E-state index in [1.165, 1.54) is 12.6 Å². The van der Waals surface area contributed by atoms with Crippen LogP contribution in [0.5, 0.6) is 0 Å². The zero-order chi connectivity index (χ0) is 11.5. The second-order valence-electron chi connectivity index (χ2n) is 3.71. The summed E-state index contributed by atoms with van der Waals surface area (Å²) in [5, 5.41) is 1.13. The molecule has 0 saturated heterocycles. The third-order valence-corrected chi connectivity index (χ3v) is 2.77. The van der Waals surface area contributed by atoms with Gasteiger partial charge in [-0.1, -0.05) is 18.2 Å². The minimum Gasteiger partial charge on any atom is -0.469 e. The number of para-hydroxylation sites is 1. The Kier molecular flexibility index (Phi) is 2.95. The molecule has 16 heavy (non-hydrogen) atoms. The first-order chi connectivity index (χ1) is 7.76. The predicted octanol–water partition coefficient (Wildman–Crippen LogP) is 2.38. The fourth-order valence-electron chi connectivity index (χ4n) is 1.95. The average molecular weight is 217 g/mol. The summed E-state index contributed by atoms with van der Waals surface area (Å²) >= 11 is 0. The molecule has 0 bridgehead atoms. The number of rotatable bonds is 3. The normalized spacial score (nSPS) is 10.6. The van der Waals surface area contributed by atoms with Crippen LogP contribution in [0.3, 0.4) is 0 Å². The molecule has 1 heterocycles. The topological polar surface area (TPSA) is 31.2 Å². The molecule has 0 spiro atoms. The van der Waals surface area contributed by atoms with Gasteiger partial charge < -0.3 is 9.30 Å². The first-order valence-corrected chi connectivity index (χ1v) is 5.39. The zero-order valence-corrected chi connectivity index (χ0v) is 9.56. The van der Waals surface area contributed by atoms with Crippen LogP contribution >= 0.6 is 0 Å². The highest BCUT2D eigenvalue weighted by Crippen LogP contribution is 2.21. The zero-order valence-electron chi connectivity index (χ0n) is 9.56. The fourth-order valence-corrected chi connectivity index (χ4v) is 1.95. The SMILES string of the molecule is CCn1cc(CC(=O)OC)c2ccccc21. The van der Waals surface area contributed by atoms with E-state index in [1.54, 1.807) is 0 Å². The molecule has 0 saturated carbocycles. The van der Waals surface area contributed by atoms with Crippen molar-refractivity contribution >= 4 is 16.9 Å². The Bertz CT molecular complexity index is 514. The van der Waals surface area contributed by atoms with Gasteiger partial charge in [0, 0.05) is 23.6 Å². The van der Waals surface area contributed by atoms with E-state index in [9.17, 15) is 4.79 Å². The van der Waals surface area contributed by atoms with Gasteiger partial charge in [-0.15, -0.1) is 0 Å². The van der Waals surface area contributed by atoms with Crippen molar-refractivity contribution in [2.24, 2.45) is 0 Å². The number of aromatic nitrogens is 1. The summed E-state index contributed by atoms with van der Waals surface area (Å²) in [7, 11) is 1.42. The van der Waals surface area contributed by atoms with Crippen LogP contribution in [0.4, 0.5) is 0 Å². The molecule has 1 aromatic carbocycles. The van der Waals surface area contributed by atoms with Gasteiger partial charge in [-0.25, -0.2) is 0 Å². The minimum absolute atomic E-state index is 0.195. The number of carbonyl (C=O) groups excluding carboxylic acids is 1. The van der Waals surface area contributed by atoms with Gasteiger partial charge in [-0.2, -0.15) is 0 Å². The van der Waals surface area contributed by atoms with Crippen LogP contribution in [0.15, 0.2) is 30.5 Å². The summed E-state index contributed by atoms with van der Waals surface area (Å²) in [6, 6.07) is 8.11. The summed E-state index contributed by atoms with van der Waals surface area (Å²) < 4.78 is 6.84. The number of nitrogens with zero attached hydrogens (tertiary/aromatic N) is 1. The van der Waals surface area contributed by atoms with E-state index in [-0.39, 0.29) is 5.97 Å². The summed E-state index contributed by atoms with van der Waals surface area (Å²) in [6.45, 7) is 3.00. The van der Waals surface area contributed by atoms with Crippen LogP contribution in [-0.4, -0.2) is 17.6 Å². The van der Waals surface area contributed by atoms with E-state index in [0.29, 0.717) is 6.42 Å². The molecular formula is C13H15NO2. The van der Waals surface area contributed by atoms with Crippen molar-refractivity contribution in [3.05, 3.63) is 36.0 Å². The lowest BCUT2D eigenvalue weighted by atomic mass is 10.1. The third-order valence-electron chi connectivity index (χ3n) is 2.77. The van der Waals surface area contributed by atoms with Crippen LogP contribution in [0.2, 0.25) is 0 Å². The van der Waals surface area contributed by atoms with Gasteiger partial charge in [0.25, 0.3) is 0 Å². The number of fused-ring (bicyclic) bond motifs is 1. The molecule has 0 N–H and O–H groups in total. The molecule has 0 unspecified atom stereocenters. The summed E-state index contributed by atoms with van der Waals surface area (Å²) in [6.07, 6.45) is 2.37. The van der Waals surface area contributed by atoms with Gasteiger partial charge in [-0.3, -0.25) is 4.79 Å². The van der Waals surface area contributed by atoms with Gasteiger partial charge >= 0.3 is 5.97 Å². The molecule has 3 nitrogen and oxygen atoms in total. The molecule has 2 aromatic rings. The van der Waals surface area contributed by atoms with Crippen LogP contribution in [-0.2, 0) is 22.5 Å². The Morgan fingerprint density at radius 2 is 2.12 bits per heavy atom. The Hall–Kier alpha value is -1.77. The van der Waals surface area contributed by atoms with E-state index in [4.69, 9.17) is 4.74 Å². The highest BCUT2D eigenvalue weighted by Gasteiger charge is 2.10. The van der Waals surface area contributed by atoms with Crippen molar-refractivity contribution in [2.45, 2.75) is 19.9 Å². The van der Waals surface area contributed by atoms with Gasteiger partial charge in [-0.05, 0) is 18.6 Å². The van der Waals surface area contributed by atoms with Crippen LogP contribution in [0.1, 0.15) is 12.5 Å². The van der Waals surface area contributed by atoms with Crippen LogP contribution in [0, 0.1) is 0 Å². The van der Waals surface area contributed by atoms with Crippen molar-refractivity contribution in [2.75, 3.05) is 7.11 Å². The maximum absolute atomic E-state index is 11.3. The van der Waals surface area contributed by atoms with Crippen LogP contribution in [0.25, 0.3) is 10.9 Å². The first-order valence-electron chi connectivity index (χ1n) is 5.39. The standard InChI is InChI=1S/C13H15NO2/c1-3-14-9-10(8-13(15)16-2)11-6-4-5-7-12(11)14/h4-7,9H,3,8H2,1-2H3. The number of hydrogen-bond acceptors (Lipinski definition) is 2. The lowest BCUT2D eigenvalue weighted by Crippen LogP contribution is -2.03. The second-order valence-corrected chi connectivity index (χ2v) is 3.71. The van der Waals surface area contributed by atoms with E-state index < -0.39 is 0 Å². The van der Waals surface area contributed by atoms with Crippen molar-refractivity contribution < 1.29 is 9.53 Å². The molecule has 0 amide bonds. The molecule has 0 atom stereocenters. The molecule has 0 aliphatic carbocycles. The van der Waals surface area contributed by atoms with E-state index in [2.05, 4.69) is 17.6 Å². The number of hydrogen-bond donors (Lipinski definition) is 0. The molecule has 3 heteroatoms. The molecule has 0 fully saturated rings. The minimum atomic E-state index is -0.195. The van der Waals surface area contributed by atoms with Crippen molar-refractivity contribution in [3.8, 4) is 0 Å². The highest BCUT2D eigenvalue weighted by molar-refractivity contribution is 5.87. The molecule has 0 aliphatic heterocycles. The smallest absolute Gasteiger partial charge is 0.310 e. The average Bonchev–Trinajstić information content (AvgIpc) is 2.68. The fraction of sp³-hybridized carbons (Fsp3) is 0.308. The van der Waals surface area contributed by atoms with Gasteiger partial charge in [0.05, 0.1) is 13.5 Å². The monoisotopic (exact) mass is 217 g/mol. The maximum Gasteiger partial charge on any atom is 0.310 e.